The Bertz CT molecular complexity index is 863. The summed E-state index contributed by atoms with van der Waals surface area (Å²) in [5, 5.41) is 23.2. The maximum absolute atomic E-state index is 12.4. The van der Waals surface area contributed by atoms with Gasteiger partial charge in [0.25, 0.3) is 0 Å². The molecule has 0 saturated heterocycles. The molecule has 0 aromatic rings. The third kappa shape index (κ3) is 44.2. The summed E-state index contributed by atoms with van der Waals surface area (Å²) in [5.74, 6) is -0.0585. The van der Waals surface area contributed by atoms with Crippen LogP contribution in [0.1, 0.15) is 284 Å². The number of esters is 1. The minimum absolute atomic E-state index is 0.00923. The zero-order valence-electron chi connectivity index (χ0n) is 39.0. The first-order valence-electron chi connectivity index (χ1n) is 25.9. The Hall–Kier alpha value is -1.40. The van der Waals surface area contributed by atoms with E-state index < -0.39 is 12.1 Å². The SMILES string of the molecule is CCCCCCCCCCCCCCCCC(O)C(CO)NC(=O)CCCCCCCCC/C=C\CCCCCCOC(=O)CCCCCCCCCCCCCC. The molecule has 0 aromatic carbocycles. The van der Waals surface area contributed by atoms with Crippen molar-refractivity contribution in [2.45, 2.75) is 296 Å². The van der Waals surface area contributed by atoms with Gasteiger partial charge in [0.2, 0.25) is 5.91 Å². The number of aliphatic hydroxyl groups is 2. The van der Waals surface area contributed by atoms with E-state index in [2.05, 4.69) is 31.3 Å². The predicted molar refractivity (Wildman–Crippen MR) is 250 cm³/mol. The van der Waals surface area contributed by atoms with Crippen molar-refractivity contribution >= 4 is 11.9 Å². The fourth-order valence-electron chi connectivity index (χ4n) is 8.05. The van der Waals surface area contributed by atoms with Crippen molar-refractivity contribution in [1.29, 1.82) is 0 Å². The van der Waals surface area contributed by atoms with Gasteiger partial charge in [0.15, 0.2) is 0 Å². The summed E-state index contributed by atoms with van der Waals surface area (Å²) >= 11 is 0. The van der Waals surface area contributed by atoms with Crippen LogP contribution in [-0.2, 0) is 14.3 Å². The fourth-order valence-corrected chi connectivity index (χ4v) is 8.05. The van der Waals surface area contributed by atoms with Crippen molar-refractivity contribution in [3.05, 3.63) is 12.2 Å². The minimum Gasteiger partial charge on any atom is -0.466 e. The summed E-state index contributed by atoms with van der Waals surface area (Å²) in [4.78, 5) is 24.4. The standard InChI is InChI=1S/C52H101NO5/c1-3-5-7-9-11-13-15-17-21-24-28-32-36-40-44-50(55)49(48-54)53-51(56)45-41-37-33-29-25-22-19-18-20-23-27-31-35-39-43-47-58-52(57)46-42-38-34-30-26-16-14-12-10-8-6-4-2/h20,23,49-50,54-55H,3-19,21-22,24-48H2,1-2H3,(H,53,56)/b23-20-. The van der Waals surface area contributed by atoms with Crippen LogP contribution in [0, 0.1) is 0 Å². The zero-order valence-corrected chi connectivity index (χ0v) is 39.0. The average Bonchev–Trinajstić information content (AvgIpc) is 3.22. The van der Waals surface area contributed by atoms with E-state index in [1.54, 1.807) is 0 Å². The van der Waals surface area contributed by atoms with E-state index in [9.17, 15) is 19.8 Å². The molecule has 0 radical (unpaired) electrons. The second-order valence-corrected chi connectivity index (χ2v) is 17.9. The number of carbonyl (C=O) groups excluding carboxylic acids is 2. The molecule has 2 atom stereocenters. The Morgan fingerprint density at radius 2 is 0.810 bits per heavy atom. The lowest BCUT2D eigenvalue weighted by Gasteiger charge is -2.22. The van der Waals surface area contributed by atoms with Crippen molar-refractivity contribution in [1.82, 2.24) is 5.32 Å². The van der Waals surface area contributed by atoms with Crippen molar-refractivity contribution in [2.75, 3.05) is 13.2 Å². The summed E-state index contributed by atoms with van der Waals surface area (Å²) in [6, 6.07) is -0.551. The molecule has 0 fully saturated rings. The van der Waals surface area contributed by atoms with Crippen LogP contribution in [0.15, 0.2) is 12.2 Å². The monoisotopic (exact) mass is 820 g/mol. The molecule has 3 N–H and O–H groups in total. The number of ether oxygens (including phenoxy) is 1. The van der Waals surface area contributed by atoms with Crippen molar-refractivity contribution in [2.24, 2.45) is 0 Å². The summed E-state index contributed by atoms with van der Waals surface area (Å²) < 4.78 is 5.44. The molecule has 0 rings (SSSR count). The van der Waals surface area contributed by atoms with Gasteiger partial charge >= 0.3 is 5.97 Å². The Kier molecular flexibility index (Phi) is 47.1. The lowest BCUT2D eigenvalue weighted by Crippen LogP contribution is -2.45. The number of allylic oxidation sites excluding steroid dienone is 2. The number of carbonyl (C=O) groups is 2. The van der Waals surface area contributed by atoms with E-state index in [0.29, 0.717) is 25.9 Å². The van der Waals surface area contributed by atoms with Gasteiger partial charge in [0, 0.05) is 12.8 Å². The van der Waals surface area contributed by atoms with Gasteiger partial charge in [-0.2, -0.15) is 0 Å². The third-order valence-corrected chi connectivity index (χ3v) is 12.1. The van der Waals surface area contributed by atoms with Crippen molar-refractivity contribution in [3.8, 4) is 0 Å². The molecule has 1 amide bonds. The largest absolute Gasteiger partial charge is 0.466 e. The normalized spacial score (nSPS) is 12.7. The Morgan fingerprint density at radius 3 is 1.22 bits per heavy atom. The highest BCUT2D eigenvalue weighted by Crippen LogP contribution is 2.16. The van der Waals surface area contributed by atoms with Gasteiger partial charge < -0.3 is 20.3 Å². The van der Waals surface area contributed by atoms with Gasteiger partial charge in [-0.1, -0.05) is 231 Å². The van der Waals surface area contributed by atoms with Gasteiger partial charge in [-0.15, -0.1) is 0 Å². The number of unbranched alkanes of at least 4 members (excludes halogenated alkanes) is 35. The molecule has 0 spiro atoms. The summed E-state index contributed by atoms with van der Waals surface area (Å²) in [7, 11) is 0. The van der Waals surface area contributed by atoms with Gasteiger partial charge in [0.1, 0.15) is 0 Å². The molecule has 0 bridgehead atoms. The van der Waals surface area contributed by atoms with Crippen molar-refractivity contribution < 1.29 is 24.5 Å². The zero-order chi connectivity index (χ0) is 42.3. The highest BCUT2D eigenvalue weighted by atomic mass is 16.5. The van der Waals surface area contributed by atoms with Gasteiger partial charge in [0.05, 0.1) is 25.4 Å². The molecule has 0 saturated carbocycles. The second kappa shape index (κ2) is 48.3. The molecule has 0 heterocycles. The number of aliphatic hydroxyl groups excluding tert-OH is 2. The van der Waals surface area contributed by atoms with Crippen LogP contribution < -0.4 is 5.32 Å². The van der Waals surface area contributed by atoms with Crippen LogP contribution in [-0.4, -0.2) is 47.4 Å². The highest BCUT2D eigenvalue weighted by Gasteiger charge is 2.20. The number of rotatable bonds is 48. The number of amides is 1. The first-order chi connectivity index (χ1) is 28.5. The summed E-state index contributed by atoms with van der Waals surface area (Å²) in [6.07, 6.45) is 54.6. The lowest BCUT2D eigenvalue weighted by molar-refractivity contribution is -0.143. The Balaban J connectivity index is 3.47. The number of hydrogen-bond donors (Lipinski definition) is 3. The average molecular weight is 820 g/mol. The topological polar surface area (TPSA) is 95.9 Å². The van der Waals surface area contributed by atoms with E-state index in [1.807, 2.05) is 0 Å². The summed E-state index contributed by atoms with van der Waals surface area (Å²) in [5.41, 5.74) is 0. The van der Waals surface area contributed by atoms with Gasteiger partial charge in [-0.05, 0) is 51.4 Å². The molecule has 6 nitrogen and oxygen atoms in total. The van der Waals surface area contributed by atoms with Crippen LogP contribution in [0.5, 0.6) is 0 Å². The smallest absolute Gasteiger partial charge is 0.305 e. The highest BCUT2D eigenvalue weighted by molar-refractivity contribution is 5.76. The van der Waals surface area contributed by atoms with Crippen LogP contribution in [0.2, 0.25) is 0 Å². The third-order valence-electron chi connectivity index (χ3n) is 12.1. The fraction of sp³-hybridized carbons (Fsp3) is 0.923. The molecule has 0 aliphatic heterocycles. The molecular formula is C52H101NO5. The van der Waals surface area contributed by atoms with E-state index in [0.717, 1.165) is 70.6 Å². The molecule has 0 aliphatic carbocycles. The maximum atomic E-state index is 12.4. The molecule has 58 heavy (non-hydrogen) atoms. The van der Waals surface area contributed by atoms with E-state index >= 15 is 0 Å². The quantitative estimate of drug-likeness (QED) is 0.0323. The number of nitrogens with one attached hydrogen (secondary N) is 1. The van der Waals surface area contributed by atoms with Crippen molar-refractivity contribution in [3.63, 3.8) is 0 Å². The maximum Gasteiger partial charge on any atom is 0.305 e. The first-order valence-corrected chi connectivity index (χ1v) is 25.9. The van der Waals surface area contributed by atoms with Crippen LogP contribution >= 0.6 is 0 Å². The minimum atomic E-state index is -0.672. The van der Waals surface area contributed by atoms with E-state index in [-0.39, 0.29) is 18.5 Å². The molecule has 0 aromatic heterocycles. The Morgan fingerprint density at radius 1 is 0.466 bits per heavy atom. The van der Waals surface area contributed by atoms with Crippen LogP contribution in [0.3, 0.4) is 0 Å². The predicted octanol–water partition coefficient (Wildman–Crippen LogP) is 15.3. The van der Waals surface area contributed by atoms with Crippen LogP contribution in [0.4, 0.5) is 0 Å². The van der Waals surface area contributed by atoms with Gasteiger partial charge in [-0.25, -0.2) is 0 Å². The van der Waals surface area contributed by atoms with E-state index in [1.165, 1.54) is 180 Å². The molecule has 0 aliphatic rings. The molecule has 344 valence electrons. The lowest BCUT2D eigenvalue weighted by atomic mass is 10.0. The second-order valence-electron chi connectivity index (χ2n) is 17.9. The van der Waals surface area contributed by atoms with Crippen LogP contribution in [0.25, 0.3) is 0 Å². The van der Waals surface area contributed by atoms with E-state index in [4.69, 9.17) is 4.74 Å². The van der Waals surface area contributed by atoms with Gasteiger partial charge in [-0.3, -0.25) is 9.59 Å². The first kappa shape index (κ1) is 56.6. The molecular weight excluding hydrogens is 719 g/mol. The summed E-state index contributed by atoms with van der Waals surface area (Å²) in [6.45, 7) is 4.92. The number of hydrogen-bond acceptors (Lipinski definition) is 5. The Labute approximate surface area is 361 Å². The molecule has 2 unspecified atom stereocenters. The molecule has 6 heteroatoms.